The van der Waals surface area contributed by atoms with E-state index in [-0.39, 0.29) is 0 Å². The molecule has 0 atom stereocenters. The number of pyridine rings is 1. The average Bonchev–Trinajstić information content (AvgIpc) is 3.76. The lowest BCUT2D eigenvalue weighted by atomic mass is 9.94. The number of para-hydroxylation sites is 1. The van der Waals surface area contributed by atoms with Gasteiger partial charge >= 0.3 is 0 Å². The normalized spacial score (nSPS) is 11.3. The fraction of sp³-hybridized carbons (Fsp3) is 0. The number of hydrogen-bond donors (Lipinski definition) is 0. The molecule has 4 nitrogen and oxygen atoms in total. The van der Waals surface area contributed by atoms with Crippen molar-refractivity contribution in [2.45, 2.75) is 0 Å². The molecule has 286 valence electrons. The fourth-order valence-corrected chi connectivity index (χ4v) is 9.46. The molecule has 0 aliphatic heterocycles. The van der Waals surface area contributed by atoms with Gasteiger partial charge in [-0.05, 0) is 39.4 Å². The Kier molecular flexibility index (Phi) is 9.34. The summed E-state index contributed by atoms with van der Waals surface area (Å²) in [5, 5.41) is 2.36. The molecule has 0 spiro atoms. The summed E-state index contributed by atoms with van der Waals surface area (Å²) in [6, 6.07) is 76.2. The summed E-state index contributed by atoms with van der Waals surface area (Å²) in [5.41, 5.74) is 14.0. The molecule has 0 unspecified atom stereocenters. The molecular weight excluding hydrogens is 761 g/mol. The Morgan fingerprint density at radius 3 is 1.15 bits per heavy atom. The van der Waals surface area contributed by atoms with Crippen molar-refractivity contribution in [3.05, 3.63) is 218 Å². The zero-order chi connectivity index (χ0) is 40.5. The van der Waals surface area contributed by atoms with E-state index in [9.17, 15) is 0 Å². The number of nitrogens with zero attached hydrogens (tertiary/aromatic N) is 4. The fourth-order valence-electron chi connectivity index (χ4n) is 8.09. The monoisotopic (exact) mass is 796 g/mol. The van der Waals surface area contributed by atoms with Crippen molar-refractivity contribution >= 4 is 32.3 Å². The van der Waals surface area contributed by atoms with Crippen LogP contribution in [0.2, 0.25) is 0 Å². The third-order valence-electron chi connectivity index (χ3n) is 11.2. The highest BCUT2D eigenvalue weighted by Gasteiger charge is 2.22. The van der Waals surface area contributed by atoms with Gasteiger partial charge in [0.1, 0.15) is 0 Å². The molecule has 0 fully saturated rings. The van der Waals surface area contributed by atoms with E-state index in [4.69, 9.17) is 19.9 Å². The lowest BCUT2D eigenvalue weighted by Crippen LogP contribution is -2.00. The molecule has 0 aliphatic rings. The summed E-state index contributed by atoms with van der Waals surface area (Å²) in [5.74, 6) is 1.90. The van der Waals surface area contributed by atoms with Gasteiger partial charge in [0.05, 0.1) is 11.2 Å². The van der Waals surface area contributed by atoms with Gasteiger partial charge < -0.3 is 0 Å². The van der Waals surface area contributed by atoms with E-state index in [0.717, 1.165) is 50.2 Å². The van der Waals surface area contributed by atoms with Gasteiger partial charge in [0.25, 0.3) is 0 Å². The molecule has 0 saturated carbocycles. The van der Waals surface area contributed by atoms with Crippen LogP contribution in [-0.2, 0) is 0 Å². The van der Waals surface area contributed by atoms with Crippen molar-refractivity contribution < 1.29 is 0 Å². The van der Waals surface area contributed by atoms with Crippen LogP contribution in [0.5, 0.6) is 0 Å². The van der Waals surface area contributed by atoms with Gasteiger partial charge in [0.2, 0.25) is 0 Å². The molecule has 11 rings (SSSR count). The van der Waals surface area contributed by atoms with Crippen LogP contribution >= 0.6 is 11.3 Å². The molecule has 0 bridgehead atoms. The zero-order valence-electron chi connectivity index (χ0n) is 33.0. The molecular formula is C56H36N4S. The number of rotatable bonds is 8. The summed E-state index contributed by atoms with van der Waals surface area (Å²) in [6.07, 6.45) is 0. The number of hydrogen-bond acceptors (Lipinski definition) is 5. The van der Waals surface area contributed by atoms with Crippen LogP contribution in [0.3, 0.4) is 0 Å². The van der Waals surface area contributed by atoms with E-state index < -0.39 is 0 Å². The SMILES string of the molecule is c1ccc(-c2ccc(-c3nc(-c4ccccc4)nc(-c4ccc(-c5ccc(-c6nc7ccccc7c7sc(-c8ccccc8)c(-c8ccccc8)c67)cc5)cc4)n3)cc2)cc1. The summed E-state index contributed by atoms with van der Waals surface area (Å²) in [7, 11) is 0. The minimum Gasteiger partial charge on any atom is -0.247 e. The summed E-state index contributed by atoms with van der Waals surface area (Å²) in [4.78, 5) is 21.6. The lowest BCUT2D eigenvalue weighted by Gasteiger charge is -2.12. The van der Waals surface area contributed by atoms with E-state index in [1.54, 1.807) is 0 Å². The molecule has 11 aromatic rings. The average molecular weight is 797 g/mol. The number of thiophene rings is 1. The molecule has 61 heavy (non-hydrogen) atoms. The maximum absolute atomic E-state index is 5.38. The first-order valence-corrected chi connectivity index (χ1v) is 21.2. The van der Waals surface area contributed by atoms with Crippen molar-refractivity contribution in [1.29, 1.82) is 0 Å². The number of benzene rings is 8. The molecule has 0 saturated heterocycles. The van der Waals surface area contributed by atoms with Gasteiger partial charge in [-0.15, -0.1) is 11.3 Å². The third-order valence-corrected chi connectivity index (χ3v) is 12.4. The van der Waals surface area contributed by atoms with Crippen LogP contribution in [0.1, 0.15) is 0 Å². The van der Waals surface area contributed by atoms with Crippen molar-refractivity contribution in [2.24, 2.45) is 0 Å². The number of fused-ring (bicyclic) bond motifs is 3. The van der Waals surface area contributed by atoms with E-state index in [1.165, 1.54) is 42.6 Å². The predicted molar refractivity (Wildman–Crippen MR) is 254 cm³/mol. The lowest BCUT2D eigenvalue weighted by molar-refractivity contribution is 1.07. The van der Waals surface area contributed by atoms with Gasteiger partial charge in [-0.3, -0.25) is 0 Å². The topological polar surface area (TPSA) is 51.6 Å². The van der Waals surface area contributed by atoms with Crippen molar-refractivity contribution in [3.63, 3.8) is 0 Å². The van der Waals surface area contributed by atoms with E-state index in [0.29, 0.717) is 17.5 Å². The highest BCUT2D eigenvalue weighted by molar-refractivity contribution is 7.24. The maximum Gasteiger partial charge on any atom is 0.164 e. The second-order valence-electron chi connectivity index (χ2n) is 15.0. The Morgan fingerprint density at radius 2 is 0.639 bits per heavy atom. The Bertz CT molecular complexity index is 3290. The van der Waals surface area contributed by atoms with Crippen LogP contribution in [0.15, 0.2) is 218 Å². The first kappa shape index (κ1) is 36.2. The van der Waals surface area contributed by atoms with Gasteiger partial charge in [-0.25, -0.2) is 19.9 Å². The standard InChI is InChI=1S/C56H36N4S/c1-5-15-37(16-6-1)38-27-33-45(34-28-38)55-58-54(44-21-11-4-12-22-44)59-56(60-55)46-35-29-40(30-36-46)39-25-31-42(32-26-39)51-50-49(41-17-7-2-8-18-41)52(43-19-9-3-10-20-43)61-53(50)47-23-13-14-24-48(47)57-51/h1-36H. The zero-order valence-corrected chi connectivity index (χ0v) is 33.8. The largest absolute Gasteiger partial charge is 0.247 e. The molecule has 0 N–H and O–H groups in total. The minimum atomic E-state index is 0.629. The van der Waals surface area contributed by atoms with Crippen LogP contribution < -0.4 is 0 Å². The maximum atomic E-state index is 5.38. The van der Waals surface area contributed by atoms with Gasteiger partial charge in [0, 0.05) is 48.2 Å². The van der Waals surface area contributed by atoms with E-state index in [1.807, 2.05) is 47.7 Å². The van der Waals surface area contributed by atoms with Crippen LogP contribution in [-0.4, -0.2) is 19.9 Å². The number of aromatic nitrogens is 4. The summed E-state index contributed by atoms with van der Waals surface area (Å²) < 4.78 is 1.25. The first-order chi connectivity index (χ1) is 30.2. The van der Waals surface area contributed by atoms with Crippen molar-refractivity contribution in [2.75, 3.05) is 0 Å². The molecule has 3 aromatic heterocycles. The van der Waals surface area contributed by atoms with Gasteiger partial charge in [0.15, 0.2) is 17.5 Å². The van der Waals surface area contributed by atoms with Gasteiger partial charge in [-0.2, -0.15) is 0 Å². The van der Waals surface area contributed by atoms with Crippen LogP contribution in [0, 0.1) is 0 Å². The second kappa shape index (κ2) is 15.7. The van der Waals surface area contributed by atoms with Gasteiger partial charge in [-0.1, -0.05) is 212 Å². The molecule has 3 heterocycles. The molecule has 0 aliphatic carbocycles. The minimum absolute atomic E-state index is 0.629. The van der Waals surface area contributed by atoms with E-state index >= 15 is 0 Å². The quantitative estimate of drug-likeness (QED) is 0.154. The smallest absolute Gasteiger partial charge is 0.164 e. The molecule has 0 amide bonds. The second-order valence-corrected chi connectivity index (χ2v) is 16.0. The predicted octanol–water partition coefficient (Wildman–Crippen LogP) is 15.0. The van der Waals surface area contributed by atoms with Crippen LogP contribution in [0.25, 0.3) is 110 Å². The molecule has 8 aromatic carbocycles. The van der Waals surface area contributed by atoms with Crippen LogP contribution in [0.4, 0.5) is 0 Å². The summed E-state index contributed by atoms with van der Waals surface area (Å²) in [6.45, 7) is 0. The highest BCUT2D eigenvalue weighted by atomic mass is 32.1. The highest BCUT2D eigenvalue weighted by Crippen LogP contribution is 2.50. The summed E-state index contributed by atoms with van der Waals surface area (Å²) >= 11 is 1.85. The Balaban J connectivity index is 0.963. The van der Waals surface area contributed by atoms with Crippen molar-refractivity contribution in [3.8, 4) is 89.2 Å². The Hall–Kier alpha value is -7.86. The first-order valence-electron chi connectivity index (χ1n) is 20.4. The van der Waals surface area contributed by atoms with E-state index in [2.05, 4.69) is 182 Å². The third kappa shape index (κ3) is 6.97. The Morgan fingerprint density at radius 1 is 0.279 bits per heavy atom. The molecule has 5 heteroatoms. The Labute approximate surface area is 358 Å². The van der Waals surface area contributed by atoms with Crippen molar-refractivity contribution in [1.82, 2.24) is 19.9 Å². The molecule has 0 radical (unpaired) electrons.